The first-order chi connectivity index (χ1) is 14.8. The highest BCUT2D eigenvalue weighted by Crippen LogP contribution is 2.43. The molecule has 3 rings (SSSR count). The van der Waals surface area contributed by atoms with E-state index >= 15 is 0 Å². The number of alkyl halides is 2. The first-order valence-corrected chi connectivity index (χ1v) is 10.6. The fourth-order valence-electron chi connectivity index (χ4n) is 4.37. The predicted molar refractivity (Wildman–Crippen MR) is 106 cm³/mol. The Hall–Kier alpha value is -2.09. The summed E-state index contributed by atoms with van der Waals surface area (Å²) in [5.41, 5.74) is 0. The van der Waals surface area contributed by atoms with Crippen LogP contribution in [0.4, 0.5) is 22.0 Å². The third kappa shape index (κ3) is 6.45. The van der Waals surface area contributed by atoms with E-state index in [1.165, 1.54) is 0 Å². The van der Waals surface area contributed by atoms with E-state index in [-0.39, 0.29) is 23.5 Å². The molecule has 2 atom stereocenters. The van der Waals surface area contributed by atoms with Crippen LogP contribution in [0.3, 0.4) is 0 Å². The maximum absolute atomic E-state index is 14.7. The number of hydrogen-bond donors (Lipinski definition) is 0. The molecule has 1 saturated carbocycles. The molecule has 2 aliphatic rings. The molecular weight excluding hydrogens is 419 g/mol. The highest BCUT2D eigenvalue weighted by molar-refractivity contribution is 5.32. The second kappa shape index (κ2) is 10.5. The fourth-order valence-corrected chi connectivity index (χ4v) is 4.37. The lowest BCUT2D eigenvalue weighted by Crippen LogP contribution is -2.40. The van der Waals surface area contributed by atoms with Crippen LogP contribution in [0, 0.1) is 17.8 Å². The molecule has 1 aliphatic heterocycles. The molecule has 3 nitrogen and oxygen atoms in total. The van der Waals surface area contributed by atoms with Crippen molar-refractivity contribution in [2.75, 3.05) is 6.61 Å². The van der Waals surface area contributed by atoms with Gasteiger partial charge in [0.05, 0.1) is 18.6 Å². The van der Waals surface area contributed by atoms with Gasteiger partial charge in [-0.25, -0.2) is 0 Å². The lowest BCUT2D eigenvalue weighted by molar-refractivity contribution is -0.225. The van der Waals surface area contributed by atoms with Gasteiger partial charge in [0.1, 0.15) is 11.5 Å². The van der Waals surface area contributed by atoms with Gasteiger partial charge in [0.2, 0.25) is 0 Å². The molecule has 31 heavy (non-hydrogen) atoms. The summed E-state index contributed by atoms with van der Waals surface area (Å²) < 4.78 is 81.4. The van der Waals surface area contributed by atoms with Crippen molar-refractivity contribution < 1.29 is 36.2 Å². The maximum Gasteiger partial charge on any atom is 0.400 e. The Bertz CT molecular complexity index is 758. The number of rotatable bonds is 7. The molecule has 0 amide bonds. The molecule has 1 aliphatic carbocycles. The standard InChI is InChI=1S/C23H27F5O3/c1-2-3-15-4-13-20(29-14-15)16-5-7-17(8-6-16)23(27,28)31-19-11-9-18(10-12-19)30-22(26)21(24)25/h2-3,9-12,15-17,20H,4-8,13-14H2,1H3. The summed E-state index contributed by atoms with van der Waals surface area (Å²) in [7, 11) is 0. The lowest BCUT2D eigenvalue weighted by Gasteiger charge is -2.38. The largest absolute Gasteiger partial charge is 0.432 e. The summed E-state index contributed by atoms with van der Waals surface area (Å²) in [6.07, 6.45) is 2.36. The van der Waals surface area contributed by atoms with Crippen LogP contribution < -0.4 is 9.47 Å². The van der Waals surface area contributed by atoms with E-state index in [4.69, 9.17) is 9.47 Å². The van der Waals surface area contributed by atoms with Crippen LogP contribution in [0.25, 0.3) is 0 Å². The highest BCUT2D eigenvalue weighted by Gasteiger charge is 2.45. The maximum atomic E-state index is 14.7. The van der Waals surface area contributed by atoms with Gasteiger partial charge in [0.15, 0.2) is 0 Å². The van der Waals surface area contributed by atoms with Gasteiger partial charge in [0.25, 0.3) is 0 Å². The van der Waals surface area contributed by atoms with Crippen molar-refractivity contribution in [2.45, 2.75) is 57.7 Å². The second-order valence-electron chi connectivity index (χ2n) is 8.12. The van der Waals surface area contributed by atoms with Crippen molar-refractivity contribution in [2.24, 2.45) is 17.8 Å². The van der Waals surface area contributed by atoms with Gasteiger partial charge in [-0.15, -0.1) is 0 Å². The Morgan fingerprint density at radius 3 is 2.16 bits per heavy atom. The first kappa shape index (κ1) is 23.6. The van der Waals surface area contributed by atoms with Crippen molar-refractivity contribution in [1.29, 1.82) is 0 Å². The topological polar surface area (TPSA) is 27.7 Å². The Morgan fingerprint density at radius 1 is 0.968 bits per heavy atom. The summed E-state index contributed by atoms with van der Waals surface area (Å²) in [6.45, 7) is 2.67. The number of hydrogen-bond acceptors (Lipinski definition) is 3. The van der Waals surface area contributed by atoms with Gasteiger partial charge in [0, 0.05) is 5.92 Å². The third-order valence-electron chi connectivity index (χ3n) is 6.02. The quantitative estimate of drug-likeness (QED) is 0.251. The Labute approximate surface area is 178 Å². The monoisotopic (exact) mass is 446 g/mol. The summed E-state index contributed by atoms with van der Waals surface area (Å²) in [5.74, 6) is -0.578. The van der Waals surface area contributed by atoms with E-state index in [9.17, 15) is 22.0 Å². The van der Waals surface area contributed by atoms with E-state index in [2.05, 4.69) is 10.8 Å². The zero-order valence-electron chi connectivity index (χ0n) is 17.3. The van der Waals surface area contributed by atoms with Crippen molar-refractivity contribution in [3.63, 3.8) is 0 Å². The van der Waals surface area contributed by atoms with Crippen LogP contribution in [0.1, 0.15) is 45.4 Å². The van der Waals surface area contributed by atoms with Crippen molar-refractivity contribution in [3.8, 4) is 11.5 Å². The summed E-state index contributed by atoms with van der Waals surface area (Å²) in [5, 5.41) is 0. The summed E-state index contributed by atoms with van der Waals surface area (Å²) >= 11 is 0. The van der Waals surface area contributed by atoms with Crippen LogP contribution in [0.2, 0.25) is 0 Å². The van der Waals surface area contributed by atoms with E-state index in [1.807, 2.05) is 13.0 Å². The average molecular weight is 446 g/mol. The Balaban J connectivity index is 1.49. The molecule has 0 radical (unpaired) electrons. The van der Waals surface area contributed by atoms with Crippen molar-refractivity contribution in [3.05, 3.63) is 48.5 Å². The molecule has 2 fully saturated rings. The number of ether oxygens (including phenoxy) is 3. The van der Waals surface area contributed by atoms with Crippen LogP contribution in [-0.4, -0.2) is 18.8 Å². The number of allylic oxidation sites excluding steroid dienone is 1. The average Bonchev–Trinajstić information content (AvgIpc) is 2.76. The molecule has 1 aromatic rings. The van der Waals surface area contributed by atoms with Crippen LogP contribution in [0.15, 0.2) is 48.5 Å². The molecule has 8 heteroatoms. The van der Waals surface area contributed by atoms with Crippen molar-refractivity contribution in [1.82, 2.24) is 0 Å². The first-order valence-electron chi connectivity index (χ1n) is 10.6. The van der Waals surface area contributed by atoms with E-state index < -0.39 is 24.1 Å². The predicted octanol–water partition coefficient (Wildman–Crippen LogP) is 7.25. The van der Waals surface area contributed by atoms with E-state index in [0.717, 1.165) is 37.1 Å². The van der Waals surface area contributed by atoms with Gasteiger partial charge in [-0.3, -0.25) is 0 Å². The molecule has 1 aromatic carbocycles. The van der Waals surface area contributed by atoms with E-state index in [0.29, 0.717) is 38.2 Å². The van der Waals surface area contributed by atoms with Gasteiger partial charge in [-0.1, -0.05) is 12.2 Å². The molecule has 172 valence electrons. The smallest absolute Gasteiger partial charge is 0.400 e. The van der Waals surface area contributed by atoms with Crippen LogP contribution in [-0.2, 0) is 4.74 Å². The highest BCUT2D eigenvalue weighted by atomic mass is 19.3. The molecule has 1 heterocycles. The summed E-state index contributed by atoms with van der Waals surface area (Å²) in [4.78, 5) is 0. The fraction of sp³-hybridized carbons (Fsp3) is 0.565. The Kier molecular flexibility index (Phi) is 7.97. The van der Waals surface area contributed by atoms with Crippen molar-refractivity contribution >= 4 is 0 Å². The third-order valence-corrected chi connectivity index (χ3v) is 6.02. The second-order valence-corrected chi connectivity index (χ2v) is 8.12. The van der Waals surface area contributed by atoms with Gasteiger partial charge in [-0.05, 0) is 75.6 Å². The van der Waals surface area contributed by atoms with Gasteiger partial charge in [-0.2, -0.15) is 22.0 Å². The van der Waals surface area contributed by atoms with E-state index in [1.54, 1.807) is 0 Å². The number of benzene rings is 1. The minimum Gasteiger partial charge on any atom is -0.432 e. The summed E-state index contributed by atoms with van der Waals surface area (Å²) in [6, 6.07) is 2.42. The minimum atomic E-state index is -3.37. The molecule has 1 saturated heterocycles. The van der Waals surface area contributed by atoms with Crippen LogP contribution in [0.5, 0.6) is 11.5 Å². The molecule has 0 N–H and O–H groups in total. The molecule has 2 unspecified atom stereocenters. The molecule has 0 spiro atoms. The minimum absolute atomic E-state index is 0.133. The lowest BCUT2D eigenvalue weighted by atomic mass is 9.77. The SMILES string of the molecule is CC=CC1CCC(C2CCC(C(F)(F)Oc3ccc(OC(F)=C(F)F)cc3)CC2)OC1. The molecule has 0 aromatic heterocycles. The number of halogens is 5. The normalized spacial score (nSPS) is 27.2. The zero-order valence-corrected chi connectivity index (χ0v) is 17.3. The Morgan fingerprint density at radius 2 is 1.61 bits per heavy atom. The molecule has 0 bridgehead atoms. The van der Waals surface area contributed by atoms with Gasteiger partial charge < -0.3 is 14.2 Å². The van der Waals surface area contributed by atoms with Crippen LogP contribution >= 0.6 is 0 Å². The van der Waals surface area contributed by atoms with Gasteiger partial charge >= 0.3 is 18.2 Å². The zero-order chi connectivity index (χ0) is 22.4. The molecular formula is C23H27F5O3.